The number of rotatable bonds is 6. The fraction of sp³-hybridized carbons (Fsp3) is 0.636. The minimum Gasteiger partial charge on any atom is -0.343 e. The maximum atomic E-state index is 13.3. The molecule has 30 heavy (non-hydrogen) atoms. The molecule has 0 spiro atoms. The molecule has 1 aromatic rings. The van der Waals surface area contributed by atoms with Crippen LogP contribution in [-0.2, 0) is 25.8 Å². The third-order valence-electron chi connectivity index (χ3n) is 6.62. The standard InChI is InChI=1S/C22H29BrN2O4S/c1-24(18-5-3-2-4-6-18)20(26)10-12-30(28,29)19-14-17(23)13-16-9-11-25(21(16)19)22(27)15-7-8-15/h13-15,18H,2-12H2,1H3. The van der Waals surface area contributed by atoms with Crippen LogP contribution in [0, 0.1) is 5.92 Å². The summed E-state index contributed by atoms with van der Waals surface area (Å²) in [5.74, 6) is -0.304. The highest BCUT2D eigenvalue weighted by molar-refractivity contribution is 9.10. The van der Waals surface area contributed by atoms with E-state index in [9.17, 15) is 18.0 Å². The van der Waals surface area contributed by atoms with Crippen LogP contribution in [0.5, 0.6) is 0 Å². The van der Waals surface area contributed by atoms with E-state index in [0.717, 1.165) is 44.1 Å². The summed E-state index contributed by atoms with van der Waals surface area (Å²) in [6.45, 7) is 0.521. The third-order valence-corrected chi connectivity index (χ3v) is 8.80. The molecule has 0 unspecified atom stereocenters. The van der Waals surface area contributed by atoms with Crippen molar-refractivity contribution in [3.05, 3.63) is 22.2 Å². The van der Waals surface area contributed by atoms with Crippen LogP contribution in [0.1, 0.15) is 56.9 Å². The molecule has 0 radical (unpaired) electrons. The van der Waals surface area contributed by atoms with E-state index in [0.29, 0.717) is 23.1 Å². The van der Waals surface area contributed by atoms with Crippen molar-refractivity contribution in [1.82, 2.24) is 4.90 Å². The molecule has 1 aliphatic heterocycles. The summed E-state index contributed by atoms with van der Waals surface area (Å²) in [6.07, 6.45) is 7.81. The van der Waals surface area contributed by atoms with Gasteiger partial charge in [-0.2, -0.15) is 0 Å². The van der Waals surface area contributed by atoms with Gasteiger partial charge in [0.25, 0.3) is 0 Å². The van der Waals surface area contributed by atoms with Crippen LogP contribution in [-0.4, -0.2) is 50.5 Å². The Bertz CT molecular complexity index is 952. The van der Waals surface area contributed by atoms with Crippen molar-refractivity contribution in [2.45, 2.75) is 68.7 Å². The van der Waals surface area contributed by atoms with Crippen molar-refractivity contribution < 1.29 is 18.0 Å². The van der Waals surface area contributed by atoms with Crippen LogP contribution < -0.4 is 4.90 Å². The van der Waals surface area contributed by atoms with E-state index in [1.165, 1.54) is 6.42 Å². The number of hydrogen-bond acceptors (Lipinski definition) is 4. The smallest absolute Gasteiger partial charge is 0.230 e. The molecule has 2 amide bonds. The third kappa shape index (κ3) is 4.44. The Morgan fingerprint density at radius 3 is 2.50 bits per heavy atom. The first-order chi connectivity index (χ1) is 14.3. The van der Waals surface area contributed by atoms with E-state index in [1.54, 1.807) is 22.9 Å². The predicted molar refractivity (Wildman–Crippen MR) is 119 cm³/mol. The molecule has 0 bridgehead atoms. The molecular formula is C22H29BrN2O4S. The lowest BCUT2D eigenvalue weighted by Gasteiger charge is -2.31. The molecule has 2 fully saturated rings. The summed E-state index contributed by atoms with van der Waals surface area (Å²) in [5, 5.41) is 0. The fourth-order valence-electron chi connectivity index (χ4n) is 4.66. The van der Waals surface area contributed by atoms with Gasteiger partial charge in [-0.3, -0.25) is 9.59 Å². The van der Waals surface area contributed by atoms with Gasteiger partial charge in [0, 0.05) is 36.4 Å². The number of carbonyl (C=O) groups is 2. The van der Waals surface area contributed by atoms with E-state index in [4.69, 9.17) is 0 Å². The lowest BCUT2D eigenvalue weighted by atomic mass is 9.94. The Morgan fingerprint density at radius 1 is 1.13 bits per heavy atom. The lowest BCUT2D eigenvalue weighted by Crippen LogP contribution is -2.39. The number of anilines is 1. The van der Waals surface area contributed by atoms with Gasteiger partial charge in [-0.25, -0.2) is 8.42 Å². The first-order valence-corrected chi connectivity index (χ1v) is 13.3. The molecule has 0 atom stereocenters. The number of halogens is 1. The van der Waals surface area contributed by atoms with Crippen molar-refractivity contribution in [3.63, 3.8) is 0 Å². The largest absolute Gasteiger partial charge is 0.343 e. The number of fused-ring (bicyclic) bond motifs is 1. The second-order valence-electron chi connectivity index (χ2n) is 8.79. The molecule has 0 aromatic heterocycles. The minimum absolute atomic E-state index is 0.0284. The molecule has 164 valence electrons. The summed E-state index contributed by atoms with van der Waals surface area (Å²) >= 11 is 3.42. The van der Waals surface area contributed by atoms with E-state index in [-0.39, 0.29) is 40.8 Å². The maximum Gasteiger partial charge on any atom is 0.230 e. The molecule has 6 nitrogen and oxygen atoms in total. The van der Waals surface area contributed by atoms with Crippen LogP contribution in [0.15, 0.2) is 21.5 Å². The minimum atomic E-state index is -3.71. The van der Waals surface area contributed by atoms with Crippen molar-refractivity contribution in [3.8, 4) is 0 Å². The Labute approximate surface area is 187 Å². The van der Waals surface area contributed by atoms with Crippen molar-refractivity contribution in [2.24, 2.45) is 5.92 Å². The first-order valence-electron chi connectivity index (χ1n) is 10.9. The number of hydrogen-bond donors (Lipinski definition) is 0. The molecular weight excluding hydrogens is 468 g/mol. The van der Waals surface area contributed by atoms with E-state index in [1.807, 2.05) is 6.07 Å². The van der Waals surface area contributed by atoms with Gasteiger partial charge in [-0.05, 0) is 49.8 Å². The zero-order valence-electron chi connectivity index (χ0n) is 17.4. The van der Waals surface area contributed by atoms with Crippen LogP contribution in [0.2, 0.25) is 0 Å². The number of amides is 2. The quantitative estimate of drug-likeness (QED) is 0.601. The van der Waals surface area contributed by atoms with Crippen LogP contribution in [0.25, 0.3) is 0 Å². The van der Waals surface area contributed by atoms with Gasteiger partial charge in [-0.1, -0.05) is 35.2 Å². The molecule has 2 saturated carbocycles. The maximum absolute atomic E-state index is 13.3. The van der Waals surface area contributed by atoms with Gasteiger partial charge < -0.3 is 9.80 Å². The summed E-state index contributed by atoms with van der Waals surface area (Å²) in [5.41, 5.74) is 1.41. The zero-order valence-corrected chi connectivity index (χ0v) is 19.8. The highest BCUT2D eigenvalue weighted by Gasteiger charge is 2.39. The summed E-state index contributed by atoms with van der Waals surface area (Å²) in [6, 6.07) is 3.70. The molecule has 0 N–H and O–H groups in total. The van der Waals surface area contributed by atoms with Crippen LogP contribution in [0.3, 0.4) is 0 Å². The Balaban J connectivity index is 1.53. The normalized spacial score (nSPS) is 19.6. The summed E-state index contributed by atoms with van der Waals surface area (Å²) < 4.78 is 27.2. The van der Waals surface area contributed by atoms with Gasteiger partial charge in [-0.15, -0.1) is 0 Å². The van der Waals surface area contributed by atoms with E-state index in [2.05, 4.69) is 15.9 Å². The highest BCUT2D eigenvalue weighted by Crippen LogP contribution is 2.41. The number of benzene rings is 1. The van der Waals surface area contributed by atoms with Crippen LogP contribution >= 0.6 is 15.9 Å². The Hall–Kier alpha value is -1.41. The highest BCUT2D eigenvalue weighted by atomic mass is 79.9. The topological polar surface area (TPSA) is 74.8 Å². The Kier molecular flexibility index (Phi) is 6.26. The van der Waals surface area contributed by atoms with Gasteiger partial charge in [0.2, 0.25) is 11.8 Å². The number of sulfone groups is 1. The monoisotopic (exact) mass is 496 g/mol. The molecule has 1 heterocycles. The first kappa shape index (κ1) is 21.8. The number of carbonyl (C=O) groups excluding carboxylic acids is 2. The zero-order chi connectivity index (χ0) is 21.5. The lowest BCUT2D eigenvalue weighted by molar-refractivity contribution is -0.132. The molecule has 0 saturated heterocycles. The van der Waals surface area contributed by atoms with Gasteiger partial charge in [0.1, 0.15) is 0 Å². The van der Waals surface area contributed by atoms with Crippen LogP contribution in [0.4, 0.5) is 5.69 Å². The van der Waals surface area contributed by atoms with Crippen molar-refractivity contribution in [1.29, 1.82) is 0 Å². The fourth-order valence-corrected chi connectivity index (χ4v) is 6.82. The van der Waals surface area contributed by atoms with E-state index >= 15 is 0 Å². The average Bonchev–Trinajstić information content (AvgIpc) is 3.50. The number of nitrogens with zero attached hydrogens (tertiary/aromatic N) is 2. The van der Waals surface area contributed by atoms with Gasteiger partial charge in [0.15, 0.2) is 9.84 Å². The Morgan fingerprint density at radius 2 is 1.83 bits per heavy atom. The average molecular weight is 497 g/mol. The second kappa shape index (κ2) is 8.61. The molecule has 3 aliphatic rings. The van der Waals surface area contributed by atoms with Gasteiger partial charge >= 0.3 is 0 Å². The molecule has 4 rings (SSSR count). The molecule has 1 aromatic carbocycles. The van der Waals surface area contributed by atoms with E-state index < -0.39 is 9.84 Å². The predicted octanol–water partition coefficient (Wildman–Crippen LogP) is 3.70. The summed E-state index contributed by atoms with van der Waals surface area (Å²) in [7, 11) is -1.92. The molecule has 2 aliphatic carbocycles. The second-order valence-corrected chi connectivity index (χ2v) is 11.8. The SMILES string of the molecule is CN(C(=O)CCS(=O)(=O)c1cc(Br)cc2c1N(C(=O)C1CC1)CC2)C1CCCCC1. The molecule has 8 heteroatoms. The van der Waals surface area contributed by atoms with Crippen molar-refractivity contribution >= 4 is 43.3 Å². The summed E-state index contributed by atoms with van der Waals surface area (Å²) in [4.78, 5) is 29.0. The van der Waals surface area contributed by atoms with Gasteiger partial charge in [0.05, 0.1) is 16.3 Å². The van der Waals surface area contributed by atoms with Crippen molar-refractivity contribution in [2.75, 3.05) is 24.2 Å².